The van der Waals surface area contributed by atoms with Crippen molar-refractivity contribution >= 4 is 56.9 Å². The Hall–Kier alpha value is -7.02. The van der Waals surface area contributed by atoms with E-state index < -0.39 is 24.3 Å². The first kappa shape index (κ1) is 42.0. The lowest BCUT2D eigenvalue weighted by Gasteiger charge is -2.37. The van der Waals surface area contributed by atoms with E-state index in [1.807, 2.05) is 60.2 Å². The van der Waals surface area contributed by atoms with Crippen LogP contribution in [0.25, 0.3) is 43.9 Å². The number of fused-ring (bicyclic) bond motifs is 6. The normalized spacial score (nSPS) is 20.8. The van der Waals surface area contributed by atoms with Crippen LogP contribution in [0, 0.1) is 11.8 Å². The second-order valence-electron chi connectivity index (χ2n) is 18.2. The van der Waals surface area contributed by atoms with Gasteiger partial charge in [-0.15, -0.1) is 0 Å². The maximum atomic E-state index is 14.5. The van der Waals surface area contributed by atoms with Crippen molar-refractivity contribution in [2.45, 2.75) is 82.6 Å². The number of H-pyrrole nitrogens is 1. The number of benzene rings is 5. The van der Waals surface area contributed by atoms with Gasteiger partial charge in [0.1, 0.15) is 17.9 Å². The lowest BCUT2D eigenvalue weighted by molar-refractivity contribution is -0.136. The number of aromatic nitrogens is 2. The van der Waals surface area contributed by atoms with Crippen molar-refractivity contribution in [3.63, 3.8) is 0 Å². The molecule has 0 radical (unpaired) electrons. The summed E-state index contributed by atoms with van der Waals surface area (Å²) in [4.78, 5) is 70.0. The molecule has 10 rings (SSSR count). The highest BCUT2D eigenvalue weighted by atomic mass is 16.5. The quantitative estimate of drug-likeness (QED) is 0.124. The minimum absolute atomic E-state index is 0.107. The molecule has 1 aliphatic carbocycles. The van der Waals surface area contributed by atoms with Crippen LogP contribution in [0.1, 0.15) is 75.0 Å². The Morgan fingerprint density at radius 1 is 0.769 bits per heavy atom. The summed E-state index contributed by atoms with van der Waals surface area (Å²) in [7, 11) is 2.61. The van der Waals surface area contributed by atoms with Crippen molar-refractivity contribution in [1.82, 2.24) is 30.4 Å². The predicted octanol–water partition coefficient (Wildman–Crippen LogP) is 9.20. The van der Waals surface area contributed by atoms with E-state index in [9.17, 15) is 19.2 Å². The van der Waals surface area contributed by atoms with Crippen LogP contribution < -0.4 is 10.6 Å². The molecule has 13 heteroatoms. The first-order valence-corrected chi connectivity index (χ1v) is 22.7. The number of imidazole rings is 1. The lowest BCUT2D eigenvalue weighted by Crippen LogP contribution is -2.53. The van der Waals surface area contributed by atoms with E-state index in [4.69, 9.17) is 19.5 Å². The SMILES string of the molecule is COC(=O)N[C@H](C(=O)N1CCC[C@H]1c1ncc(-c2ccc3cc(-c4ccc5c6c(ccc5c4)N=C([C@@H]4[C@H]5CC[C@H](C5)N4C(=O)[C@H](NC(=O)OC)c4ccccc4)C6)ccc3c2)[nH]1)C(C)C. The maximum absolute atomic E-state index is 14.5. The number of rotatable bonds is 10. The molecule has 3 N–H and O–H groups in total. The summed E-state index contributed by atoms with van der Waals surface area (Å²) in [6, 6.07) is 31.4. The molecule has 6 aromatic rings. The fourth-order valence-electron chi connectivity index (χ4n) is 10.8. The van der Waals surface area contributed by atoms with Gasteiger partial charge in [-0.2, -0.15) is 0 Å². The van der Waals surface area contributed by atoms with Gasteiger partial charge in [-0.25, -0.2) is 14.6 Å². The fourth-order valence-corrected chi connectivity index (χ4v) is 10.8. The highest BCUT2D eigenvalue weighted by Gasteiger charge is 2.52. The lowest BCUT2D eigenvalue weighted by atomic mass is 9.90. The Morgan fingerprint density at radius 2 is 1.46 bits per heavy atom. The van der Waals surface area contributed by atoms with Crippen LogP contribution in [-0.4, -0.2) is 88.4 Å². The van der Waals surface area contributed by atoms with Gasteiger partial charge in [-0.1, -0.05) is 86.6 Å². The third-order valence-electron chi connectivity index (χ3n) is 14.1. The van der Waals surface area contributed by atoms with Gasteiger partial charge in [-0.05, 0) is 112 Å². The number of hydrogen-bond donors (Lipinski definition) is 3. The standard InChI is InChI=1S/C52H53N7O6/c1-29(2)45(56-51(62)64-3)49(60)58-22-8-11-44(58)48-53-28-43(55-48)36-15-14-32-23-31(12-13-33(32)25-36)34-17-20-39-35(24-34)18-21-41-40(39)27-42(54-41)47-37-16-19-38(26-37)59(47)50(61)46(57-52(63)65-4)30-9-6-5-7-10-30/h5-7,9-10,12-15,17-18,20-21,23-25,28-29,37-38,44-47H,8,11,16,19,22,26-27H2,1-4H3,(H,53,55)(H,56,62)(H,57,63)/t37-,38+,44-,45-,46+,47-/m0/s1. The Kier molecular flexibility index (Phi) is 11.1. The molecule has 4 aliphatic rings. The molecule has 4 heterocycles. The van der Waals surface area contributed by atoms with Crippen LogP contribution in [-0.2, 0) is 25.5 Å². The number of nitrogens with one attached hydrogen (secondary N) is 3. The van der Waals surface area contributed by atoms with E-state index in [1.54, 1.807) is 0 Å². The molecular formula is C52H53N7O6. The Labute approximate surface area is 377 Å². The average Bonchev–Trinajstić information content (AvgIpc) is 4.20. The third kappa shape index (κ3) is 7.76. The summed E-state index contributed by atoms with van der Waals surface area (Å²) in [5.41, 5.74) is 7.98. The minimum atomic E-state index is -0.854. The highest BCUT2D eigenvalue weighted by molar-refractivity contribution is 6.06. The van der Waals surface area contributed by atoms with Crippen molar-refractivity contribution in [1.29, 1.82) is 0 Å². The Bertz CT molecular complexity index is 2870. The monoisotopic (exact) mass is 871 g/mol. The number of amides is 4. The van der Waals surface area contributed by atoms with Gasteiger partial charge in [0.2, 0.25) is 5.91 Å². The summed E-state index contributed by atoms with van der Waals surface area (Å²) in [6.07, 6.45) is 5.81. The Morgan fingerprint density at radius 3 is 2.22 bits per heavy atom. The van der Waals surface area contributed by atoms with Gasteiger partial charge in [-0.3, -0.25) is 14.6 Å². The number of nitrogens with zero attached hydrogens (tertiary/aromatic N) is 4. The second kappa shape index (κ2) is 17.2. The maximum Gasteiger partial charge on any atom is 0.407 e. The molecule has 1 saturated carbocycles. The van der Waals surface area contributed by atoms with Crippen molar-refractivity contribution < 1.29 is 28.7 Å². The number of methoxy groups -OCH3 is 2. The van der Waals surface area contributed by atoms with Crippen molar-refractivity contribution in [2.75, 3.05) is 20.8 Å². The number of likely N-dealkylation sites (tertiary alicyclic amines) is 2. The first-order valence-electron chi connectivity index (χ1n) is 22.7. The molecule has 3 fully saturated rings. The molecule has 6 atom stereocenters. The van der Waals surface area contributed by atoms with Crippen LogP contribution in [0.2, 0.25) is 0 Å². The molecule has 0 unspecified atom stereocenters. The zero-order valence-electron chi connectivity index (χ0n) is 37.0. The van der Waals surface area contributed by atoms with Crippen LogP contribution in [0.3, 0.4) is 0 Å². The Balaban J connectivity index is 0.855. The molecule has 332 valence electrons. The van der Waals surface area contributed by atoms with E-state index in [0.29, 0.717) is 18.9 Å². The summed E-state index contributed by atoms with van der Waals surface area (Å²) < 4.78 is 9.72. The van der Waals surface area contributed by atoms with Crippen molar-refractivity contribution in [3.05, 3.63) is 120 Å². The fraction of sp³-hybridized carbons (Fsp3) is 0.346. The van der Waals surface area contributed by atoms with E-state index >= 15 is 0 Å². The minimum Gasteiger partial charge on any atom is -0.453 e. The number of alkyl carbamates (subject to hydrolysis) is 2. The van der Waals surface area contributed by atoms with E-state index in [-0.39, 0.29) is 35.9 Å². The average molecular weight is 872 g/mol. The number of carbonyl (C=O) groups excluding carboxylic acids is 4. The van der Waals surface area contributed by atoms with Gasteiger partial charge >= 0.3 is 12.2 Å². The van der Waals surface area contributed by atoms with E-state index in [1.165, 1.54) is 19.8 Å². The highest BCUT2D eigenvalue weighted by Crippen LogP contribution is 2.47. The molecule has 5 aromatic carbocycles. The van der Waals surface area contributed by atoms with Gasteiger partial charge in [0.05, 0.1) is 43.9 Å². The van der Waals surface area contributed by atoms with Crippen LogP contribution in [0.5, 0.6) is 0 Å². The zero-order valence-corrected chi connectivity index (χ0v) is 37.0. The third-order valence-corrected chi connectivity index (χ3v) is 14.1. The summed E-state index contributed by atoms with van der Waals surface area (Å²) in [5.74, 6) is 0.694. The predicted molar refractivity (Wildman–Crippen MR) is 250 cm³/mol. The van der Waals surface area contributed by atoms with Crippen molar-refractivity contribution in [2.24, 2.45) is 16.8 Å². The molecule has 0 spiro atoms. The topological polar surface area (TPSA) is 158 Å². The summed E-state index contributed by atoms with van der Waals surface area (Å²) >= 11 is 0. The second-order valence-corrected chi connectivity index (χ2v) is 18.2. The number of aliphatic imine (C=N–C) groups is 1. The number of aromatic amines is 1. The molecule has 2 saturated heterocycles. The molecule has 65 heavy (non-hydrogen) atoms. The zero-order chi connectivity index (χ0) is 44.9. The smallest absolute Gasteiger partial charge is 0.407 e. The number of carbonyl (C=O) groups is 4. The first-order chi connectivity index (χ1) is 31.6. The van der Waals surface area contributed by atoms with Crippen LogP contribution in [0.4, 0.5) is 15.3 Å². The van der Waals surface area contributed by atoms with E-state index in [2.05, 4.69) is 82.3 Å². The van der Waals surface area contributed by atoms with Gasteiger partial charge in [0.25, 0.3) is 5.91 Å². The van der Waals surface area contributed by atoms with E-state index in [0.717, 1.165) is 98.8 Å². The molecule has 13 nitrogen and oxygen atoms in total. The van der Waals surface area contributed by atoms with Crippen LogP contribution in [0.15, 0.2) is 108 Å². The van der Waals surface area contributed by atoms with Gasteiger partial charge in [0, 0.05) is 30.3 Å². The molecule has 1 aromatic heterocycles. The number of hydrogen-bond acceptors (Lipinski definition) is 8. The molecule has 3 aliphatic heterocycles. The summed E-state index contributed by atoms with van der Waals surface area (Å²) in [6.45, 7) is 4.41. The van der Waals surface area contributed by atoms with Gasteiger partial charge < -0.3 is 34.9 Å². The van der Waals surface area contributed by atoms with Crippen molar-refractivity contribution in [3.8, 4) is 22.4 Å². The molecule has 4 amide bonds. The summed E-state index contributed by atoms with van der Waals surface area (Å²) in [5, 5.41) is 10.0. The number of piperidine rings is 1. The largest absolute Gasteiger partial charge is 0.453 e. The molecular weight excluding hydrogens is 819 g/mol. The molecule has 2 bridgehead atoms. The van der Waals surface area contributed by atoms with Gasteiger partial charge in [0.15, 0.2) is 0 Å². The van der Waals surface area contributed by atoms with Crippen LogP contribution >= 0.6 is 0 Å². The number of ether oxygens (including phenoxy) is 2.